The number of nitrogens with zero attached hydrogens (tertiary/aromatic N) is 2. The first kappa shape index (κ1) is 24.7. The van der Waals surface area contributed by atoms with Crippen LogP contribution in [0.3, 0.4) is 0 Å². The highest BCUT2D eigenvalue weighted by atomic mass is 35.5. The Balaban J connectivity index is 1.45. The topological polar surface area (TPSA) is 91.4 Å². The first-order valence-corrected chi connectivity index (χ1v) is 12.1. The van der Waals surface area contributed by atoms with E-state index in [2.05, 4.69) is 15.8 Å². The maximum Gasteiger partial charge on any atom is 0.270 e. The SMILES string of the molecule is CC(C)(C)C(=O)N1CCC(C(=O)NNC(=O)c2cc(-c3ccc(Cl)cc3)nc3ccccc23)CC1. The number of nitrogens with one attached hydrogen (secondary N) is 2. The lowest BCUT2D eigenvalue weighted by Gasteiger charge is -2.35. The van der Waals surface area contributed by atoms with Crippen LogP contribution in [-0.2, 0) is 9.59 Å². The third-order valence-corrected chi connectivity index (χ3v) is 6.45. The molecule has 35 heavy (non-hydrogen) atoms. The molecule has 0 bridgehead atoms. The largest absolute Gasteiger partial charge is 0.342 e. The molecule has 7 nitrogen and oxygen atoms in total. The van der Waals surface area contributed by atoms with Crippen LogP contribution >= 0.6 is 11.6 Å². The van der Waals surface area contributed by atoms with Crippen LogP contribution in [0, 0.1) is 11.3 Å². The molecule has 0 spiro atoms. The number of likely N-dealkylation sites (tertiary alicyclic amines) is 1. The van der Waals surface area contributed by atoms with Crippen LogP contribution in [0.15, 0.2) is 54.6 Å². The summed E-state index contributed by atoms with van der Waals surface area (Å²) in [5, 5.41) is 1.30. The third kappa shape index (κ3) is 5.62. The van der Waals surface area contributed by atoms with Gasteiger partial charge in [-0.15, -0.1) is 0 Å². The van der Waals surface area contributed by atoms with Gasteiger partial charge in [-0.3, -0.25) is 25.2 Å². The van der Waals surface area contributed by atoms with E-state index in [1.165, 1.54) is 0 Å². The maximum absolute atomic E-state index is 13.1. The van der Waals surface area contributed by atoms with E-state index in [1.807, 2.05) is 62.1 Å². The Morgan fingerprint density at radius 1 is 0.971 bits per heavy atom. The summed E-state index contributed by atoms with van der Waals surface area (Å²) < 4.78 is 0. The maximum atomic E-state index is 13.1. The summed E-state index contributed by atoms with van der Waals surface area (Å²) in [6.45, 7) is 6.74. The quantitative estimate of drug-likeness (QED) is 0.523. The summed E-state index contributed by atoms with van der Waals surface area (Å²) >= 11 is 6.01. The zero-order chi connectivity index (χ0) is 25.2. The van der Waals surface area contributed by atoms with Gasteiger partial charge in [-0.1, -0.05) is 62.7 Å². The summed E-state index contributed by atoms with van der Waals surface area (Å²) in [7, 11) is 0. The average molecular weight is 493 g/mol. The highest BCUT2D eigenvalue weighted by Crippen LogP contribution is 2.26. The van der Waals surface area contributed by atoms with Gasteiger partial charge in [0, 0.05) is 40.4 Å². The molecule has 3 amide bonds. The average Bonchev–Trinajstić information content (AvgIpc) is 2.86. The minimum Gasteiger partial charge on any atom is -0.342 e. The van der Waals surface area contributed by atoms with E-state index < -0.39 is 11.3 Å². The van der Waals surface area contributed by atoms with Crippen molar-refractivity contribution in [3.8, 4) is 11.3 Å². The van der Waals surface area contributed by atoms with Gasteiger partial charge in [-0.05, 0) is 37.1 Å². The van der Waals surface area contributed by atoms with Crippen LogP contribution in [0.4, 0.5) is 0 Å². The van der Waals surface area contributed by atoms with Gasteiger partial charge >= 0.3 is 0 Å². The van der Waals surface area contributed by atoms with Crippen LogP contribution in [0.5, 0.6) is 0 Å². The zero-order valence-electron chi connectivity index (χ0n) is 20.1. The molecule has 2 aromatic carbocycles. The number of pyridine rings is 1. The molecule has 1 aliphatic heterocycles. The van der Waals surface area contributed by atoms with Crippen LogP contribution in [0.2, 0.25) is 5.02 Å². The summed E-state index contributed by atoms with van der Waals surface area (Å²) in [4.78, 5) is 44.8. The predicted molar refractivity (Wildman–Crippen MR) is 137 cm³/mol. The summed E-state index contributed by atoms with van der Waals surface area (Å²) in [6, 6.07) is 16.3. The van der Waals surface area contributed by atoms with E-state index in [4.69, 9.17) is 11.6 Å². The van der Waals surface area contributed by atoms with E-state index in [-0.39, 0.29) is 17.7 Å². The Morgan fingerprint density at radius 2 is 1.63 bits per heavy atom. The molecule has 0 saturated carbocycles. The fourth-order valence-electron chi connectivity index (χ4n) is 4.24. The van der Waals surface area contributed by atoms with E-state index in [1.54, 1.807) is 18.2 Å². The van der Waals surface area contributed by atoms with E-state index in [0.29, 0.717) is 53.1 Å². The number of amides is 3. The molecule has 0 aliphatic carbocycles. The number of carbonyl (C=O) groups excluding carboxylic acids is 3. The normalized spacial score (nSPS) is 14.6. The number of para-hydroxylation sites is 1. The first-order chi connectivity index (χ1) is 16.6. The number of piperidine rings is 1. The molecule has 2 N–H and O–H groups in total. The lowest BCUT2D eigenvalue weighted by atomic mass is 9.91. The van der Waals surface area contributed by atoms with Gasteiger partial charge < -0.3 is 4.90 Å². The second kappa shape index (κ2) is 10.0. The number of aromatic nitrogens is 1. The number of benzene rings is 2. The number of rotatable bonds is 3. The molecule has 1 aromatic heterocycles. The van der Waals surface area contributed by atoms with Gasteiger partial charge in [0.05, 0.1) is 16.8 Å². The molecule has 0 unspecified atom stereocenters. The van der Waals surface area contributed by atoms with Crippen molar-refractivity contribution in [1.82, 2.24) is 20.7 Å². The molecule has 1 fully saturated rings. The second-order valence-electron chi connectivity index (χ2n) is 9.84. The fourth-order valence-corrected chi connectivity index (χ4v) is 4.36. The minimum absolute atomic E-state index is 0.0886. The summed E-state index contributed by atoms with van der Waals surface area (Å²) in [5.41, 5.74) is 7.24. The van der Waals surface area contributed by atoms with E-state index >= 15 is 0 Å². The molecule has 0 atom stereocenters. The van der Waals surface area contributed by atoms with Crippen molar-refractivity contribution < 1.29 is 14.4 Å². The molecule has 2 heterocycles. The Kier molecular flexibility index (Phi) is 7.08. The Labute approximate surface area is 209 Å². The van der Waals surface area contributed by atoms with Gasteiger partial charge in [0.1, 0.15) is 0 Å². The van der Waals surface area contributed by atoms with Crippen molar-refractivity contribution >= 4 is 40.2 Å². The van der Waals surface area contributed by atoms with E-state index in [0.717, 1.165) is 5.56 Å². The van der Waals surface area contributed by atoms with Gasteiger partial charge in [-0.2, -0.15) is 0 Å². The van der Waals surface area contributed by atoms with Crippen molar-refractivity contribution in [1.29, 1.82) is 0 Å². The molecule has 4 rings (SSSR count). The fraction of sp³-hybridized carbons (Fsp3) is 0.333. The first-order valence-electron chi connectivity index (χ1n) is 11.7. The lowest BCUT2D eigenvalue weighted by Crippen LogP contribution is -2.49. The Hall–Kier alpha value is -3.45. The van der Waals surface area contributed by atoms with Crippen molar-refractivity contribution in [2.45, 2.75) is 33.6 Å². The van der Waals surface area contributed by atoms with Crippen LogP contribution in [0.1, 0.15) is 44.0 Å². The van der Waals surface area contributed by atoms with Gasteiger partial charge in [-0.25, -0.2) is 4.98 Å². The molecular weight excluding hydrogens is 464 g/mol. The van der Waals surface area contributed by atoms with Crippen LogP contribution < -0.4 is 10.9 Å². The zero-order valence-corrected chi connectivity index (χ0v) is 20.9. The third-order valence-electron chi connectivity index (χ3n) is 6.19. The minimum atomic E-state index is -0.443. The van der Waals surface area contributed by atoms with Crippen LogP contribution in [0.25, 0.3) is 22.2 Å². The summed E-state index contributed by atoms with van der Waals surface area (Å²) in [6.07, 6.45) is 1.12. The molecule has 3 aromatic rings. The highest BCUT2D eigenvalue weighted by molar-refractivity contribution is 6.30. The molecule has 182 valence electrons. The molecule has 1 aliphatic rings. The van der Waals surface area contributed by atoms with Gasteiger partial charge in [0.25, 0.3) is 5.91 Å². The number of hydrogen-bond donors (Lipinski definition) is 2. The van der Waals surface area contributed by atoms with Crippen molar-refractivity contribution in [3.05, 3.63) is 65.2 Å². The van der Waals surface area contributed by atoms with Gasteiger partial charge in [0.2, 0.25) is 11.8 Å². The van der Waals surface area contributed by atoms with Crippen molar-refractivity contribution in [2.75, 3.05) is 13.1 Å². The number of carbonyl (C=O) groups is 3. The Bertz CT molecular complexity index is 1260. The lowest BCUT2D eigenvalue weighted by molar-refractivity contribution is -0.142. The van der Waals surface area contributed by atoms with Crippen molar-refractivity contribution in [3.63, 3.8) is 0 Å². The van der Waals surface area contributed by atoms with Gasteiger partial charge in [0.15, 0.2) is 0 Å². The number of hydrogen-bond acceptors (Lipinski definition) is 4. The standard InChI is InChI=1S/C27H29ClN4O3/c1-27(2,3)26(35)32-14-12-18(13-15-32)24(33)30-31-25(34)21-16-23(17-8-10-19(28)11-9-17)29-22-7-5-4-6-20(21)22/h4-11,16,18H,12-15H2,1-3H3,(H,30,33)(H,31,34). The number of hydrazine groups is 1. The molecule has 8 heteroatoms. The predicted octanol–water partition coefficient (Wildman–Crippen LogP) is 4.60. The highest BCUT2D eigenvalue weighted by Gasteiger charge is 2.32. The number of halogens is 1. The number of fused-ring (bicyclic) bond motifs is 1. The van der Waals surface area contributed by atoms with Crippen LogP contribution in [-0.4, -0.2) is 40.7 Å². The summed E-state index contributed by atoms with van der Waals surface area (Å²) in [5.74, 6) is -0.853. The van der Waals surface area contributed by atoms with Crippen molar-refractivity contribution in [2.24, 2.45) is 11.3 Å². The molecule has 1 saturated heterocycles. The molecular formula is C27H29ClN4O3. The Morgan fingerprint density at radius 3 is 2.29 bits per heavy atom. The monoisotopic (exact) mass is 492 g/mol. The second-order valence-corrected chi connectivity index (χ2v) is 10.3. The molecule has 0 radical (unpaired) electrons. The van der Waals surface area contributed by atoms with E-state index in [9.17, 15) is 14.4 Å². The smallest absolute Gasteiger partial charge is 0.270 e.